The molecule has 0 spiro atoms. The smallest absolute Gasteiger partial charge is 0.307 e. The number of aliphatic carboxylic acids is 1. The Labute approximate surface area is 98.2 Å². The molecule has 0 heterocycles. The minimum atomic E-state index is -0.816. The maximum absolute atomic E-state index is 11.0. The number of carboxylic acids is 1. The summed E-state index contributed by atoms with van der Waals surface area (Å²) in [5, 5.41) is 19.7. The number of rotatable bonds is 9. The fourth-order valence-corrected chi connectivity index (χ4v) is 1.71. The van der Waals surface area contributed by atoms with Crippen LogP contribution in [-0.2, 0) is 4.79 Å². The second kappa shape index (κ2) is 8.53. The SMILES string of the molecule is CCCCCN(O)CC(CC(C)C)C(=O)O. The van der Waals surface area contributed by atoms with E-state index < -0.39 is 11.9 Å². The first kappa shape index (κ1) is 15.4. The molecule has 1 atom stereocenters. The van der Waals surface area contributed by atoms with Gasteiger partial charge in [0.25, 0.3) is 0 Å². The highest BCUT2D eigenvalue weighted by Crippen LogP contribution is 2.13. The van der Waals surface area contributed by atoms with Gasteiger partial charge in [0.2, 0.25) is 0 Å². The molecule has 0 amide bonds. The van der Waals surface area contributed by atoms with Gasteiger partial charge in [-0.25, -0.2) is 0 Å². The van der Waals surface area contributed by atoms with Crippen LogP contribution in [0.3, 0.4) is 0 Å². The molecular formula is C12H25NO3. The molecule has 0 aromatic heterocycles. The van der Waals surface area contributed by atoms with Crippen LogP contribution in [0, 0.1) is 11.8 Å². The summed E-state index contributed by atoms with van der Waals surface area (Å²) in [6.07, 6.45) is 3.70. The molecule has 0 aromatic rings. The maximum Gasteiger partial charge on any atom is 0.307 e. The molecule has 0 aromatic carbocycles. The van der Waals surface area contributed by atoms with Gasteiger partial charge in [-0.3, -0.25) is 4.79 Å². The van der Waals surface area contributed by atoms with Gasteiger partial charge in [-0.2, -0.15) is 5.06 Å². The number of carboxylic acid groups (broad SMARTS) is 1. The van der Waals surface area contributed by atoms with Crippen LogP contribution in [0.25, 0.3) is 0 Å². The van der Waals surface area contributed by atoms with Gasteiger partial charge in [0, 0.05) is 13.1 Å². The van der Waals surface area contributed by atoms with E-state index in [1.807, 2.05) is 13.8 Å². The average Bonchev–Trinajstić information content (AvgIpc) is 2.16. The molecular weight excluding hydrogens is 206 g/mol. The predicted molar refractivity (Wildman–Crippen MR) is 63.5 cm³/mol. The Hall–Kier alpha value is -0.610. The van der Waals surface area contributed by atoms with Gasteiger partial charge in [-0.15, -0.1) is 0 Å². The molecule has 96 valence electrons. The lowest BCUT2D eigenvalue weighted by atomic mass is 9.97. The highest BCUT2D eigenvalue weighted by Gasteiger charge is 2.21. The van der Waals surface area contributed by atoms with E-state index in [2.05, 4.69) is 6.92 Å². The zero-order valence-electron chi connectivity index (χ0n) is 10.6. The normalized spacial score (nSPS) is 13.4. The summed E-state index contributed by atoms with van der Waals surface area (Å²) in [7, 11) is 0. The van der Waals surface area contributed by atoms with Gasteiger partial charge in [0.05, 0.1) is 5.92 Å². The Bertz CT molecular complexity index is 195. The Balaban J connectivity index is 3.93. The van der Waals surface area contributed by atoms with Crippen LogP contribution in [0.5, 0.6) is 0 Å². The second-order valence-corrected chi connectivity index (χ2v) is 4.78. The Kier molecular flexibility index (Phi) is 8.21. The molecule has 0 fully saturated rings. The molecule has 16 heavy (non-hydrogen) atoms. The Morgan fingerprint density at radius 1 is 1.31 bits per heavy atom. The molecule has 0 saturated carbocycles. The summed E-state index contributed by atoms with van der Waals surface area (Å²) in [6.45, 7) is 6.89. The van der Waals surface area contributed by atoms with Crippen molar-refractivity contribution < 1.29 is 15.1 Å². The third-order valence-corrected chi connectivity index (χ3v) is 2.56. The summed E-state index contributed by atoms with van der Waals surface area (Å²) < 4.78 is 0. The van der Waals surface area contributed by atoms with E-state index in [1.165, 1.54) is 0 Å². The van der Waals surface area contributed by atoms with Crippen molar-refractivity contribution in [2.24, 2.45) is 11.8 Å². The molecule has 4 nitrogen and oxygen atoms in total. The fourth-order valence-electron chi connectivity index (χ4n) is 1.71. The zero-order valence-corrected chi connectivity index (χ0v) is 10.6. The van der Waals surface area contributed by atoms with Gasteiger partial charge in [-0.1, -0.05) is 33.6 Å². The first-order valence-electron chi connectivity index (χ1n) is 6.14. The van der Waals surface area contributed by atoms with Crippen molar-refractivity contribution in [2.45, 2.75) is 46.5 Å². The standard InChI is InChI=1S/C12H25NO3/c1-4-5-6-7-13(16)9-11(12(14)15)8-10(2)3/h10-11,16H,4-9H2,1-3H3,(H,14,15). The third-order valence-electron chi connectivity index (χ3n) is 2.56. The second-order valence-electron chi connectivity index (χ2n) is 4.78. The predicted octanol–water partition coefficient (Wildman–Crippen LogP) is 2.61. The summed E-state index contributed by atoms with van der Waals surface area (Å²) in [5.74, 6) is -0.944. The van der Waals surface area contributed by atoms with Crippen LogP contribution in [0.1, 0.15) is 46.5 Å². The molecule has 0 saturated heterocycles. The quantitative estimate of drug-likeness (QED) is 0.473. The lowest BCUT2D eigenvalue weighted by Gasteiger charge is -2.20. The van der Waals surface area contributed by atoms with Crippen LogP contribution < -0.4 is 0 Å². The molecule has 1 unspecified atom stereocenters. The zero-order chi connectivity index (χ0) is 12.6. The average molecular weight is 231 g/mol. The number of carbonyl (C=O) groups is 1. The van der Waals surface area contributed by atoms with Gasteiger partial charge >= 0.3 is 5.97 Å². The number of unbranched alkanes of at least 4 members (excludes halogenated alkanes) is 2. The van der Waals surface area contributed by atoms with E-state index in [4.69, 9.17) is 5.11 Å². The van der Waals surface area contributed by atoms with Crippen molar-refractivity contribution in [2.75, 3.05) is 13.1 Å². The van der Waals surface area contributed by atoms with Gasteiger partial charge in [0.15, 0.2) is 0 Å². The van der Waals surface area contributed by atoms with Crippen LogP contribution in [0.15, 0.2) is 0 Å². The molecule has 0 aliphatic rings. The summed E-state index contributed by atoms with van der Waals surface area (Å²) in [6, 6.07) is 0. The molecule has 2 N–H and O–H groups in total. The van der Waals surface area contributed by atoms with Crippen molar-refractivity contribution in [3.05, 3.63) is 0 Å². The number of hydrogen-bond donors (Lipinski definition) is 2. The minimum absolute atomic E-state index is 0.233. The van der Waals surface area contributed by atoms with Crippen LogP contribution >= 0.6 is 0 Å². The van der Waals surface area contributed by atoms with Crippen molar-refractivity contribution in [1.29, 1.82) is 0 Å². The summed E-state index contributed by atoms with van der Waals surface area (Å²) in [4.78, 5) is 11.0. The largest absolute Gasteiger partial charge is 0.481 e. The Morgan fingerprint density at radius 3 is 2.38 bits per heavy atom. The number of nitrogens with zero attached hydrogens (tertiary/aromatic N) is 1. The van der Waals surface area contributed by atoms with Crippen molar-refractivity contribution in [3.8, 4) is 0 Å². The minimum Gasteiger partial charge on any atom is -0.481 e. The van der Waals surface area contributed by atoms with Gasteiger partial charge in [-0.05, 0) is 18.8 Å². The number of hydrogen-bond acceptors (Lipinski definition) is 3. The van der Waals surface area contributed by atoms with Gasteiger partial charge in [0.1, 0.15) is 0 Å². The molecule has 0 bridgehead atoms. The first-order valence-corrected chi connectivity index (χ1v) is 6.14. The fraction of sp³-hybridized carbons (Fsp3) is 0.917. The third kappa shape index (κ3) is 7.65. The van der Waals surface area contributed by atoms with Crippen molar-refractivity contribution in [3.63, 3.8) is 0 Å². The van der Waals surface area contributed by atoms with Crippen LogP contribution in [0.4, 0.5) is 0 Å². The lowest BCUT2D eigenvalue weighted by Crippen LogP contribution is -2.32. The Morgan fingerprint density at radius 2 is 1.94 bits per heavy atom. The first-order chi connectivity index (χ1) is 7.47. The molecule has 0 aliphatic heterocycles. The highest BCUT2D eigenvalue weighted by atomic mass is 16.5. The van der Waals surface area contributed by atoms with E-state index in [1.54, 1.807) is 0 Å². The monoisotopic (exact) mass is 231 g/mol. The topological polar surface area (TPSA) is 60.8 Å². The number of hydroxylamine groups is 2. The van der Waals surface area contributed by atoms with Gasteiger partial charge < -0.3 is 10.3 Å². The van der Waals surface area contributed by atoms with Crippen LogP contribution in [0.2, 0.25) is 0 Å². The summed E-state index contributed by atoms with van der Waals surface area (Å²) >= 11 is 0. The lowest BCUT2D eigenvalue weighted by molar-refractivity contribution is -0.151. The molecule has 0 radical (unpaired) electrons. The van der Waals surface area contributed by atoms with Crippen LogP contribution in [-0.4, -0.2) is 34.4 Å². The summed E-state index contributed by atoms with van der Waals surface area (Å²) in [5.41, 5.74) is 0. The van der Waals surface area contributed by atoms with E-state index in [9.17, 15) is 10.0 Å². The highest BCUT2D eigenvalue weighted by molar-refractivity contribution is 5.70. The van der Waals surface area contributed by atoms with E-state index in [0.29, 0.717) is 18.9 Å². The van der Waals surface area contributed by atoms with E-state index in [0.717, 1.165) is 24.3 Å². The van der Waals surface area contributed by atoms with E-state index >= 15 is 0 Å². The van der Waals surface area contributed by atoms with E-state index in [-0.39, 0.29) is 6.54 Å². The molecule has 0 rings (SSSR count). The van der Waals surface area contributed by atoms with Crippen molar-refractivity contribution in [1.82, 2.24) is 5.06 Å². The molecule has 0 aliphatic carbocycles. The molecule has 4 heteroatoms. The maximum atomic E-state index is 11.0. The van der Waals surface area contributed by atoms with Crippen molar-refractivity contribution >= 4 is 5.97 Å².